The Morgan fingerprint density at radius 2 is 0.753 bits per heavy atom. The number of quaternary nitrogens is 1. The van der Waals surface area contributed by atoms with Crippen LogP contribution >= 0.6 is 7.82 Å². The second-order valence-electron chi connectivity index (χ2n) is 23.9. The third kappa shape index (κ3) is 64.5. The molecule has 0 bridgehead atoms. The predicted octanol–water partition coefficient (Wildman–Crippen LogP) is 21.4. The predicted molar refractivity (Wildman–Crippen MR) is 366 cm³/mol. The van der Waals surface area contributed by atoms with Crippen LogP contribution in [0.1, 0.15) is 278 Å². The van der Waals surface area contributed by atoms with Gasteiger partial charge in [-0.2, -0.15) is 0 Å². The van der Waals surface area contributed by atoms with Crippen LogP contribution in [0.15, 0.2) is 134 Å². The van der Waals surface area contributed by atoms with Gasteiger partial charge in [0.2, 0.25) is 5.91 Å². The molecule has 0 aromatic heterocycles. The van der Waals surface area contributed by atoms with Crippen molar-refractivity contribution in [3.8, 4) is 0 Å². The summed E-state index contributed by atoms with van der Waals surface area (Å²) in [4.78, 5) is 40.1. The Balaban J connectivity index is 5.16. The molecule has 3 unspecified atom stereocenters. The molecule has 0 aromatic rings. The normalized spacial score (nSPS) is 14.4. The molecule has 0 aliphatic heterocycles. The Hall–Kier alpha value is -3.85. The lowest BCUT2D eigenvalue weighted by atomic mass is 10.1. The van der Waals surface area contributed by atoms with Gasteiger partial charge in [-0.3, -0.25) is 14.2 Å². The van der Waals surface area contributed by atoms with Crippen molar-refractivity contribution in [1.82, 2.24) is 5.32 Å². The summed E-state index contributed by atoms with van der Waals surface area (Å²) in [6.45, 7) is 6.67. The lowest BCUT2D eigenvalue weighted by Crippen LogP contribution is -2.47. The van der Waals surface area contributed by atoms with Crippen molar-refractivity contribution in [2.45, 2.75) is 290 Å². The summed E-state index contributed by atoms with van der Waals surface area (Å²) in [6, 6.07) is -0.912. The van der Waals surface area contributed by atoms with E-state index in [-0.39, 0.29) is 31.3 Å². The maximum atomic E-state index is 13.6. The zero-order chi connectivity index (χ0) is 62.1. The van der Waals surface area contributed by atoms with E-state index in [0.29, 0.717) is 23.9 Å². The zero-order valence-corrected chi connectivity index (χ0v) is 56.4. The van der Waals surface area contributed by atoms with Crippen LogP contribution in [0.25, 0.3) is 0 Å². The molecule has 85 heavy (non-hydrogen) atoms. The second-order valence-corrected chi connectivity index (χ2v) is 25.4. The van der Waals surface area contributed by atoms with Gasteiger partial charge in [-0.05, 0) is 128 Å². The van der Waals surface area contributed by atoms with Gasteiger partial charge in [0.15, 0.2) is 0 Å². The first-order chi connectivity index (χ1) is 41.4. The van der Waals surface area contributed by atoms with Crippen LogP contribution in [-0.2, 0) is 27.9 Å². The average molecular weight is 1200 g/mol. The van der Waals surface area contributed by atoms with Crippen LogP contribution < -0.4 is 10.2 Å². The number of esters is 1. The van der Waals surface area contributed by atoms with Gasteiger partial charge in [-0.1, -0.05) is 270 Å². The van der Waals surface area contributed by atoms with E-state index in [9.17, 15) is 19.0 Å². The topological polar surface area (TPSA) is 114 Å². The highest BCUT2D eigenvalue weighted by Crippen LogP contribution is 2.38. The molecule has 0 fully saturated rings. The number of amides is 1. The van der Waals surface area contributed by atoms with Gasteiger partial charge in [0, 0.05) is 12.8 Å². The van der Waals surface area contributed by atoms with Gasteiger partial charge in [-0.25, -0.2) is 0 Å². The number of nitrogens with one attached hydrogen (secondary N) is 1. The number of nitrogens with zero attached hydrogens (tertiary/aromatic N) is 1. The molecule has 0 radical (unpaired) electrons. The van der Waals surface area contributed by atoms with Crippen molar-refractivity contribution < 1.29 is 37.3 Å². The molecule has 0 heterocycles. The van der Waals surface area contributed by atoms with Gasteiger partial charge in [0.1, 0.15) is 19.3 Å². The standard InChI is InChI=1S/C75H129N2O7P/c1-7-10-13-16-19-22-25-27-29-31-33-35-37-38-40-41-43-45-47-49-52-55-58-61-64-67-74(78)76-72(71-83-85(80,81)82-70-69-77(4,5)6)73(66-63-60-57-54-51-24-21-18-15-12-9-3)84-75(79)68-65-62-59-56-53-50-48-46-44-42-39-36-34-32-30-28-26-23-20-17-14-11-8-2/h10,13,19-20,22-23,27-30,33-36,38,40,42-45,63,66,72-73H,7-9,11-12,14-18,21,24-26,31-32,37,39,41,46-62,64-65,67-71H2,1-6H3,(H-,76,78,80,81)/b13-10-,22-19-,23-20-,29-27-,30-28-,35-33-,36-34-,40-38-,44-42-,45-43-,66-63+. The first-order valence-electron chi connectivity index (χ1n) is 34.5. The van der Waals surface area contributed by atoms with Crippen molar-refractivity contribution in [3.63, 3.8) is 0 Å². The minimum atomic E-state index is -4.72. The Morgan fingerprint density at radius 1 is 0.424 bits per heavy atom. The number of rotatable bonds is 61. The molecular formula is C75H129N2O7P. The minimum Gasteiger partial charge on any atom is -0.756 e. The molecule has 3 atom stereocenters. The molecule has 0 spiro atoms. The Labute approximate surface area is 524 Å². The highest BCUT2D eigenvalue weighted by molar-refractivity contribution is 7.45. The number of likely N-dealkylation sites (N-methyl/N-ethyl adjacent to an activating group) is 1. The first kappa shape index (κ1) is 81.2. The Morgan fingerprint density at radius 3 is 1.15 bits per heavy atom. The van der Waals surface area contributed by atoms with E-state index in [1.54, 1.807) is 0 Å². The quantitative estimate of drug-likeness (QED) is 0.0212. The van der Waals surface area contributed by atoms with Gasteiger partial charge >= 0.3 is 5.97 Å². The van der Waals surface area contributed by atoms with Gasteiger partial charge in [0.25, 0.3) is 7.82 Å². The smallest absolute Gasteiger partial charge is 0.306 e. The molecule has 0 aromatic carbocycles. The lowest BCUT2D eigenvalue weighted by Gasteiger charge is -2.30. The van der Waals surface area contributed by atoms with Gasteiger partial charge < -0.3 is 28.5 Å². The highest BCUT2D eigenvalue weighted by atomic mass is 31.2. The fourth-order valence-electron chi connectivity index (χ4n) is 9.27. The summed E-state index contributed by atoms with van der Waals surface area (Å²) in [5, 5.41) is 3.02. The molecule has 10 heteroatoms. The van der Waals surface area contributed by atoms with E-state index in [1.807, 2.05) is 33.3 Å². The number of carbonyl (C=O) groups excluding carboxylic acids is 2. The van der Waals surface area contributed by atoms with E-state index in [2.05, 4.69) is 148 Å². The molecule has 1 N–H and O–H groups in total. The molecular weight excluding hydrogens is 1070 g/mol. The maximum absolute atomic E-state index is 13.6. The van der Waals surface area contributed by atoms with E-state index < -0.39 is 26.6 Å². The van der Waals surface area contributed by atoms with Crippen molar-refractivity contribution in [3.05, 3.63) is 134 Å². The number of ether oxygens (including phenoxy) is 1. The largest absolute Gasteiger partial charge is 0.756 e. The lowest BCUT2D eigenvalue weighted by molar-refractivity contribution is -0.870. The fourth-order valence-corrected chi connectivity index (χ4v) is 10.00. The first-order valence-corrected chi connectivity index (χ1v) is 36.0. The molecule has 1 amide bonds. The van der Waals surface area contributed by atoms with Gasteiger partial charge in [-0.15, -0.1) is 0 Å². The maximum Gasteiger partial charge on any atom is 0.306 e. The summed E-state index contributed by atoms with van der Waals surface area (Å²) in [6.07, 6.45) is 89.9. The van der Waals surface area contributed by atoms with Crippen LogP contribution in [0.2, 0.25) is 0 Å². The fraction of sp³-hybridized carbons (Fsp3) is 0.680. The molecule has 0 saturated heterocycles. The Kier molecular flexibility index (Phi) is 60.3. The van der Waals surface area contributed by atoms with Crippen LogP contribution in [-0.4, -0.2) is 69.4 Å². The second kappa shape index (κ2) is 63.2. The summed E-state index contributed by atoms with van der Waals surface area (Å²) in [7, 11) is 1.15. The molecule has 0 aliphatic carbocycles. The van der Waals surface area contributed by atoms with Crippen LogP contribution in [0.3, 0.4) is 0 Å². The van der Waals surface area contributed by atoms with Crippen molar-refractivity contribution >= 4 is 19.7 Å². The molecule has 0 rings (SSSR count). The van der Waals surface area contributed by atoms with Gasteiger partial charge in [0.05, 0.1) is 33.8 Å². The van der Waals surface area contributed by atoms with Crippen LogP contribution in [0.5, 0.6) is 0 Å². The number of unbranched alkanes of at least 4 members (excludes halogenated alkanes) is 25. The van der Waals surface area contributed by atoms with E-state index >= 15 is 0 Å². The number of phosphoric acid groups is 1. The van der Waals surface area contributed by atoms with Crippen molar-refractivity contribution in [2.24, 2.45) is 0 Å². The van der Waals surface area contributed by atoms with E-state index in [1.165, 1.54) is 89.9 Å². The third-order valence-corrected chi connectivity index (χ3v) is 15.5. The number of carbonyl (C=O) groups is 2. The number of allylic oxidation sites excluding steroid dienone is 21. The molecule has 9 nitrogen and oxygen atoms in total. The zero-order valence-electron chi connectivity index (χ0n) is 55.5. The third-order valence-electron chi connectivity index (χ3n) is 14.6. The van der Waals surface area contributed by atoms with E-state index in [0.717, 1.165) is 141 Å². The Bertz CT molecular complexity index is 1920. The molecule has 0 aliphatic rings. The SMILES string of the molecule is CC/C=C\C/C=C\C/C=C\C/C=C\C/C=C\C/C=C\CCCCCCCCC(=O)NC(COP(=O)([O-])OCC[N+](C)(C)C)C(/C=C/CCCCCCCCCCC)OC(=O)CCCCCCCCC/C=C\C/C=C\C/C=C\C/C=C\CCCCC. The number of phosphoric ester groups is 1. The monoisotopic (exact) mass is 1200 g/mol. The molecule has 486 valence electrons. The average Bonchev–Trinajstić information content (AvgIpc) is 3.64. The van der Waals surface area contributed by atoms with Crippen LogP contribution in [0.4, 0.5) is 0 Å². The number of hydrogen-bond donors (Lipinski definition) is 1. The van der Waals surface area contributed by atoms with E-state index in [4.69, 9.17) is 13.8 Å². The summed E-state index contributed by atoms with van der Waals surface area (Å²) in [5.41, 5.74) is 0. The molecule has 0 saturated carbocycles. The van der Waals surface area contributed by atoms with Crippen molar-refractivity contribution in [1.29, 1.82) is 0 Å². The van der Waals surface area contributed by atoms with Crippen LogP contribution in [0, 0.1) is 0 Å². The summed E-state index contributed by atoms with van der Waals surface area (Å²) >= 11 is 0. The van der Waals surface area contributed by atoms with Crippen molar-refractivity contribution in [2.75, 3.05) is 40.9 Å². The summed E-state index contributed by atoms with van der Waals surface area (Å²) in [5.74, 6) is -0.577. The number of hydrogen-bond acceptors (Lipinski definition) is 7. The highest BCUT2D eigenvalue weighted by Gasteiger charge is 2.27. The summed E-state index contributed by atoms with van der Waals surface area (Å²) < 4.78 is 30.4. The minimum absolute atomic E-state index is 0.0347.